The van der Waals surface area contributed by atoms with Gasteiger partial charge in [-0.15, -0.1) is 6.42 Å². The topological polar surface area (TPSA) is 85.4 Å². The molecule has 1 amide bonds. The van der Waals surface area contributed by atoms with E-state index in [1.54, 1.807) is 48.7 Å². The lowest BCUT2D eigenvalue weighted by molar-refractivity contribution is 0.0946. The number of anilines is 2. The van der Waals surface area contributed by atoms with Gasteiger partial charge in [-0.2, -0.15) is 0 Å². The van der Waals surface area contributed by atoms with Crippen molar-refractivity contribution in [3.8, 4) is 12.3 Å². The molecule has 3 aromatic carbocycles. The molecule has 0 radical (unpaired) electrons. The molecule has 2 atom stereocenters. The number of carbonyl (C=O) groups is 1. The van der Waals surface area contributed by atoms with Crippen LogP contribution >= 0.6 is 0 Å². The second-order valence-electron chi connectivity index (χ2n) is 6.86. The summed E-state index contributed by atoms with van der Waals surface area (Å²) in [5.41, 5.74) is 1.96. The van der Waals surface area contributed by atoms with E-state index in [-0.39, 0.29) is 11.3 Å². The third-order valence-corrected chi connectivity index (χ3v) is 5.61. The fraction of sp³-hybridized carbons (Fsp3) is 0.0400. The van der Waals surface area contributed by atoms with E-state index in [1.807, 2.05) is 42.5 Å². The number of terminal acetylenes is 1. The number of fused-ring (bicyclic) bond motifs is 1. The number of hydrogen-bond donors (Lipinski definition) is 1. The Morgan fingerprint density at radius 2 is 1.66 bits per heavy atom. The van der Waals surface area contributed by atoms with Gasteiger partial charge >= 0.3 is 0 Å². The van der Waals surface area contributed by atoms with Crippen molar-refractivity contribution in [2.24, 2.45) is 0 Å². The summed E-state index contributed by atoms with van der Waals surface area (Å²) >= 11 is -2.72. The van der Waals surface area contributed by atoms with Crippen molar-refractivity contribution in [1.29, 1.82) is 0 Å². The number of nitrogens with zero attached hydrogens (tertiary/aromatic N) is 2. The quantitative estimate of drug-likeness (QED) is 0.358. The molecule has 0 aliphatic rings. The van der Waals surface area contributed by atoms with E-state index in [0.29, 0.717) is 11.2 Å². The highest BCUT2D eigenvalue weighted by molar-refractivity contribution is 7.81. The first-order chi connectivity index (χ1) is 15.6. The number of benzene rings is 3. The third kappa shape index (κ3) is 4.23. The van der Waals surface area contributed by atoms with Crippen LogP contribution in [0.15, 0.2) is 91.1 Å². The van der Waals surface area contributed by atoms with Gasteiger partial charge in [0.2, 0.25) is 0 Å². The molecule has 0 saturated carbocycles. The Morgan fingerprint density at radius 1 is 0.969 bits per heavy atom. The number of para-hydroxylation sites is 2. The molecular formula is C25H18N3O3S-. The van der Waals surface area contributed by atoms with E-state index in [4.69, 9.17) is 6.42 Å². The highest BCUT2D eigenvalue weighted by atomic mass is 32.2. The molecule has 158 valence electrons. The zero-order valence-corrected chi connectivity index (χ0v) is 17.7. The van der Waals surface area contributed by atoms with Gasteiger partial charge in [0.1, 0.15) is 6.04 Å². The van der Waals surface area contributed by atoms with Crippen molar-refractivity contribution in [3.63, 3.8) is 0 Å². The van der Waals surface area contributed by atoms with E-state index in [0.717, 1.165) is 15.3 Å². The van der Waals surface area contributed by atoms with E-state index >= 15 is 0 Å². The number of amides is 1. The van der Waals surface area contributed by atoms with Crippen molar-refractivity contribution < 1.29 is 13.6 Å². The molecule has 32 heavy (non-hydrogen) atoms. The van der Waals surface area contributed by atoms with Crippen LogP contribution in [-0.2, 0) is 11.3 Å². The van der Waals surface area contributed by atoms with Gasteiger partial charge in [0.05, 0.1) is 33.7 Å². The fourth-order valence-electron chi connectivity index (χ4n) is 3.46. The highest BCUT2D eigenvalue weighted by Gasteiger charge is 2.22. The number of nitrogens with one attached hydrogen (secondary N) is 1. The van der Waals surface area contributed by atoms with Crippen molar-refractivity contribution in [3.05, 3.63) is 102 Å². The van der Waals surface area contributed by atoms with Gasteiger partial charge in [0.15, 0.2) is 0 Å². The van der Waals surface area contributed by atoms with E-state index in [1.165, 1.54) is 0 Å². The SMILES string of the molecule is C#CC(NC(=O)c1ccccc1N(c1cccc2cccnc12)S(=O)[O-])c1ccccc1. The molecular weight excluding hydrogens is 422 g/mol. The first-order valence-electron chi connectivity index (χ1n) is 9.74. The van der Waals surface area contributed by atoms with Crippen LogP contribution in [-0.4, -0.2) is 19.7 Å². The van der Waals surface area contributed by atoms with Crippen LogP contribution < -0.4 is 9.62 Å². The zero-order chi connectivity index (χ0) is 22.5. The fourth-order valence-corrected chi connectivity index (χ4v) is 4.09. The van der Waals surface area contributed by atoms with Gasteiger partial charge < -0.3 is 9.87 Å². The van der Waals surface area contributed by atoms with Crippen LogP contribution in [0.3, 0.4) is 0 Å². The first kappa shape index (κ1) is 21.2. The van der Waals surface area contributed by atoms with Crippen molar-refractivity contribution >= 4 is 39.5 Å². The summed E-state index contributed by atoms with van der Waals surface area (Å²) in [5, 5.41) is 3.58. The molecule has 1 aromatic heterocycles. The predicted molar refractivity (Wildman–Crippen MR) is 125 cm³/mol. The second kappa shape index (κ2) is 9.43. The zero-order valence-electron chi connectivity index (χ0n) is 16.8. The second-order valence-corrected chi connectivity index (χ2v) is 7.66. The number of hydrogen-bond acceptors (Lipinski definition) is 4. The predicted octanol–water partition coefficient (Wildman–Crippen LogP) is 4.27. The van der Waals surface area contributed by atoms with Crippen LogP contribution in [0.25, 0.3) is 10.9 Å². The molecule has 4 rings (SSSR count). The molecule has 7 heteroatoms. The van der Waals surface area contributed by atoms with Crippen LogP contribution in [0.5, 0.6) is 0 Å². The van der Waals surface area contributed by atoms with Crippen LogP contribution in [0.4, 0.5) is 11.4 Å². The average molecular weight is 441 g/mol. The summed E-state index contributed by atoms with van der Waals surface area (Å²) < 4.78 is 25.8. The maximum Gasteiger partial charge on any atom is 0.254 e. The summed E-state index contributed by atoms with van der Waals surface area (Å²) in [5.74, 6) is 2.08. The molecule has 0 fully saturated rings. The Balaban J connectivity index is 1.77. The Morgan fingerprint density at radius 3 is 2.41 bits per heavy atom. The summed E-state index contributed by atoms with van der Waals surface area (Å²) in [6.45, 7) is 0. The lowest BCUT2D eigenvalue weighted by atomic mass is 10.1. The maximum atomic E-state index is 13.2. The Labute approximate surface area is 188 Å². The normalized spacial score (nSPS) is 12.5. The maximum absolute atomic E-state index is 13.2. The first-order valence-corrected chi connectivity index (χ1v) is 10.8. The molecule has 0 aliphatic carbocycles. The highest BCUT2D eigenvalue weighted by Crippen LogP contribution is 2.34. The summed E-state index contributed by atoms with van der Waals surface area (Å²) in [7, 11) is 0. The van der Waals surface area contributed by atoms with E-state index in [9.17, 15) is 13.6 Å². The summed E-state index contributed by atoms with van der Waals surface area (Å²) in [6.07, 6.45) is 7.24. The van der Waals surface area contributed by atoms with Crippen molar-refractivity contribution in [1.82, 2.24) is 10.3 Å². The molecule has 6 nitrogen and oxygen atoms in total. The van der Waals surface area contributed by atoms with Gasteiger partial charge in [-0.1, -0.05) is 66.6 Å². The Kier molecular flexibility index (Phi) is 6.26. The van der Waals surface area contributed by atoms with Crippen LogP contribution in [0.1, 0.15) is 22.0 Å². The van der Waals surface area contributed by atoms with Gasteiger partial charge in [-0.25, -0.2) is 0 Å². The average Bonchev–Trinajstić information content (AvgIpc) is 2.83. The molecule has 4 aromatic rings. The van der Waals surface area contributed by atoms with Gasteiger partial charge in [-0.3, -0.25) is 18.3 Å². The molecule has 0 aliphatic heterocycles. The molecule has 2 unspecified atom stereocenters. The minimum absolute atomic E-state index is 0.167. The lowest BCUT2D eigenvalue weighted by Gasteiger charge is -2.29. The Hall–Kier alpha value is -3.99. The molecule has 0 bridgehead atoms. The third-order valence-electron chi connectivity index (χ3n) is 4.92. The number of aromatic nitrogens is 1. The summed E-state index contributed by atoms with van der Waals surface area (Å²) in [4.78, 5) is 17.5. The van der Waals surface area contributed by atoms with Crippen LogP contribution in [0.2, 0.25) is 0 Å². The number of pyridine rings is 1. The monoisotopic (exact) mass is 440 g/mol. The van der Waals surface area contributed by atoms with Gasteiger partial charge in [-0.05, 0) is 29.8 Å². The molecule has 1 N–H and O–H groups in total. The van der Waals surface area contributed by atoms with Crippen molar-refractivity contribution in [2.75, 3.05) is 4.31 Å². The standard InChI is InChI=1S/C25H19N3O3S/c1-2-21(18-10-4-3-5-11-18)27-25(29)20-14-6-7-15-22(20)28(32(30)31)23-16-8-12-19-13-9-17-26-24(19)23/h1,3-17,21H,(H,27,29)(H,30,31)/p-1. The minimum atomic E-state index is -2.72. The number of carbonyl (C=O) groups excluding carboxylic acids is 1. The van der Waals surface area contributed by atoms with Crippen LogP contribution in [0, 0.1) is 12.3 Å². The number of rotatable bonds is 6. The lowest BCUT2D eigenvalue weighted by Crippen LogP contribution is -2.30. The van der Waals surface area contributed by atoms with E-state index in [2.05, 4.69) is 16.2 Å². The largest absolute Gasteiger partial charge is 0.755 e. The van der Waals surface area contributed by atoms with E-state index < -0.39 is 23.2 Å². The molecule has 1 heterocycles. The molecule has 0 spiro atoms. The summed E-state index contributed by atoms with van der Waals surface area (Å²) in [6, 6.07) is 23.8. The van der Waals surface area contributed by atoms with Crippen molar-refractivity contribution in [2.45, 2.75) is 6.04 Å². The smallest absolute Gasteiger partial charge is 0.254 e. The minimum Gasteiger partial charge on any atom is -0.755 e. The molecule has 0 saturated heterocycles. The Bertz CT molecular complexity index is 1330. The van der Waals surface area contributed by atoms with Gasteiger partial charge in [0, 0.05) is 11.6 Å². The van der Waals surface area contributed by atoms with Gasteiger partial charge in [0.25, 0.3) is 5.91 Å².